The third kappa shape index (κ3) is 7.34. The molecule has 0 aromatic heterocycles. The zero-order valence-electron chi connectivity index (χ0n) is 8.67. The molecule has 0 radical (unpaired) electrons. The van der Waals surface area contributed by atoms with Crippen LogP contribution in [0.5, 0.6) is 0 Å². The molecule has 13 heavy (non-hydrogen) atoms. The van der Waals surface area contributed by atoms with Crippen molar-refractivity contribution in [3.05, 3.63) is 36.1 Å². The fraction of sp³-hybridized carbons (Fsp3) is 0.455. The predicted molar refractivity (Wildman–Crippen MR) is 55.5 cm³/mol. The zero-order valence-corrected chi connectivity index (χ0v) is 8.67. The summed E-state index contributed by atoms with van der Waals surface area (Å²) in [5, 5.41) is 0. The van der Waals surface area contributed by atoms with Gasteiger partial charge in [-0.05, 0) is 19.9 Å². The molecule has 0 aromatic carbocycles. The van der Waals surface area contributed by atoms with E-state index in [0.717, 1.165) is 0 Å². The first kappa shape index (κ1) is 12.0. The topological polar surface area (TPSA) is 18.5 Å². The number of methoxy groups -OCH3 is 1. The molecule has 0 amide bonds. The molecular formula is C11H18O2. The van der Waals surface area contributed by atoms with E-state index in [9.17, 15) is 0 Å². The Morgan fingerprint density at radius 3 is 2.54 bits per heavy atom. The van der Waals surface area contributed by atoms with Crippen LogP contribution in [0.15, 0.2) is 36.1 Å². The lowest BCUT2D eigenvalue weighted by molar-refractivity contribution is 0.115. The van der Waals surface area contributed by atoms with E-state index in [2.05, 4.69) is 6.58 Å². The third-order valence-corrected chi connectivity index (χ3v) is 1.56. The van der Waals surface area contributed by atoms with E-state index in [-0.39, 0.29) is 0 Å². The summed E-state index contributed by atoms with van der Waals surface area (Å²) < 4.78 is 10.1. The van der Waals surface area contributed by atoms with E-state index < -0.39 is 0 Å². The van der Waals surface area contributed by atoms with Crippen LogP contribution in [0.3, 0.4) is 0 Å². The van der Waals surface area contributed by atoms with Crippen LogP contribution in [-0.2, 0) is 9.47 Å². The maximum atomic E-state index is 5.24. The van der Waals surface area contributed by atoms with Crippen molar-refractivity contribution in [2.75, 3.05) is 20.3 Å². The van der Waals surface area contributed by atoms with Gasteiger partial charge in [0.15, 0.2) is 0 Å². The van der Waals surface area contributed by atoms with E-state index in [1.807, 2.05) is 32.1 Å². The highest BCUT2D eigenvalue weighted by Crippen LogP contribution is 2.00. The van der Waals surface area contributed by atoms with Crippen LogP contribution in [0.1, 0.15) is 13.8 Å². The molecular weight excluding hydrogens is 164 g/mol. The average molecular weight is 182 g/mol. The molecule has 0 rings (SSSR count). The monoisotopic (exact) mass is 182 g/mol. The number of rotatable bonds is 6. The van der Waals surface area contributed by atoms with Crippen molar-refractivity contribution < 1.29 is 9.47 Å². The van der Waals surface area contributed by atoms with Crippen molar-refractivity contribution in [1.82, 2.24) is 0 Å². The van der Waals surface area contributed by atoms with Gasteiger partial charge in [-0.3, -0.25) is 0 Å². The van der Waals surface area contributed by atoms with Crippen molar-refractivity contribution in [2.24, 2.45) is 0 Å². The second-order valence-electron chi connectivity index (χ2n) is 2.67. The standard InChI is InChI=1S/C11H18O2/c1-5-10(2)6-7-11(3)13-9-8-12-4/h5-7H,3,8-9H2,1-2,4H3. The quantitative estimate of drug-likeness (QED) is 0.357. The molecule has 2 nitrogen and oxygen atoms in total. The normalized spacial score (nSPS) is 12.1. The smallest absolute Gasteiger partial charge is 0.112 e. The lowest BCUT2D eigenvalue weighted by Gasteiger charge is -2.03. The Labute approximate surface area is 80.5 Å². The molecule has 0 aliphatic heterocycles. The summed E-state index contributed by atoms with van der Waals surface area (Å²) in [6, 6.07) is 0. The second-order valence-corrected chi connectivity index (χ2v) is 2.67. The highest BCUT2D eigenvalue weighted by molar-refractivity contribution is 5.21. The minimum Gasteiger partial charge on any atom is -0.492 e. The summed E-state index contributed by atoms with van der Waals surface area (Å²) in [4.78, 5) is 0. The van der Waals surface area contributed by atoms with Gasteiger partial charge in [0, 0.05) is 7.11 Å². The summed E-state index contributed by atoms with van der Waals surface area (Å²) in [6.45, 7) is 8.90. The molecule has 0 saturated carbocycles. The first-order valence-electron chi connectivity index (χ1n) is 4.32. The molecule has 0 atom stereocenters. The summed E-state index contributed by atoms with van der Waals surface area (Å²) >= 11 is 0. The summed E-state index contributed by atoms with van der Waals surface area (Å²) in [7, 11) is 1.64. The zero-order chi connectivity index (χ0) is 10.1. The van der Waals surface area contributed by atoms with Crippen LogP contribution in [0.2, 0.25) is 0 Å². The fourth-order valence-electron chi connectivity index (χ4n) is 0.625. The van der Waals surface area contributed by atoms with Crippen LogP contribution in [0.25, 0.3) is 0 Å². The number of hydrogen-bond donors (Lipinski definition) is 0. The molecule has 0 aliphatic rings. The van der Waals surface area contributed by atoms with E-state index in [4.69, 9.17) is 9.47 Å². The molecule has 0 fully saturated rings. The van der Waals surface area contributed by atoms with Gasteiger partial charge in [0.25, 0.3) is 0 Å². The van der Waals surface area contributed by atoms with Crippen LogP contribution >= 0.6 is 0 Å². The molecule has 0 unspecified atom stereocenters. The first-order valence-corrected chi connectivity index (χ1v) is 4.32. The number of hydrogen-bond acceptors (Lipinski definition) is 2. The van der Waals surface area contributed by atoms with Crippen molar-refractivity contribution in [1.29, 1.82) is 0 Å². The average Bonchev–Trinajstić information content (AvgIpc) is 2.14. The Morgan fingerprint density at radius 1 is 1.31 bits per heavy atom. The highest BCUT2D eigenvalue weighted by atomic mass is 16.5. The number of allylic oxidation sites excluding steroid dienone is 4. The van der Waals surface area contributed by atoms with E-state index in [1.165, 1.54) is 5.57 Å². The SMILES string of the molecule is C=C(C=CC(C)=CC)OCCOC. The maximum Gasteiger partial charge on any atom is 0.112 e. The largest absolute Gasteiger partial charge is 0.492 e. The highest BCUT2D eigenvalue weighted by Gasteiger charge is 1.88. The molecule has 0 saturated heterocycles. The Balaban J connectivity index is 3.68. The lowest BCUT2D eigenvalue weighted by Crippen LogP contribution is -1.99. The summed E-state index contributed by atoms with van der Waals surface area (Å²) in [5.74, 6) is 0.665. The van der Waals surface area contributed by atoms with Crippen molar-refractivity contribution in [2.45, 2.75) is 13.8 Å². The van der Waals surface area contributed by atoms with Gasteiger partial charge in [-0.25, -0.2) is 0 Å². The Kier molecular flexibility index (Phi) is 7.02. The molecule has 0 bridgehead atoms. The molecule has 2 heteroatoms. The van der Waals surface area contributed by atoms with Crippen LogP contribution in [0.4, 0.5) is 0 Å². The van der Waals surface area contributed by atoms with E-state index >= 15 is 0 Å². The van der Waals surface area contributed by atoms with Crippen molar-refractivity contribution in [3.8, 4) is 0 Å². The third-order valence-electron chi connectivity index (χ3n) is 1.56. The molecule has 0 spiro atoms. The molecule has 0 aromatic rings. The van der Waals surface area contributed by atoms with Gasteiger partial charge >= 0.3 is 0 Å². The van der Waals surface area contributed by atoms with Gasteiger partial charge in [0.05, 0.1) is 6.61 Å². The van der Waals surface area contributed by atoms with Crippen LogP contribution in [-0.4, -0.2) is 20.3 Å². The van der Waals surface area contributed by atoms with Crippen LogP contribution in [0, 0.1) is 0 Å². The van der Waals surface area contributed by atoms with Gasteiger partial charge in [-0.2, -0.15) is 0 Å². The van der Waals surface area contributed by atoms with Crippen molar-refractivity contribution >= 4 is 0 Å². The lowest BCUT2D eigenvalue weighted by atomic mass is 10.2. The Hall–Kier alpha value is -1.02. The molecule has 74 valence electrons. The van der Waals surface area contributed by atoms with Crippen molar-refractivity contribution in [3.63, 3.8) is 0 Å². The molecule has 0 heterocycles. The Bertz CT molecular complexity index is 202. The summed E-state index contributed by atoms with van der Waals surface area (Å²) in [5.41, 5.74) is 1.19. The second kappa shape index (κ2) is 7.62. The maximum absolute atomic E-state index is 5.24. The first-order chi connectivity index (χ1) is 6.20. The summed E-state index contributed by atoms with van der Waals surface area (Å²) in [6.07, 6.45) is 5.85. The molecule has 0 N–H and O–H groups in total. The van der Waals surface area contributed by atoms with Gasteiger partial charge in [0.1, 0.15) is 12.4 Å². The predicted octanol–water partition coefficient (Wildman–Crippen LogP) is 2.69. The van der Waals surface area contributed by atoms with Gasteiger partial charge in [-0.15, -0.1) is 0 Å². The van der Waals surface area contributed by atoms with Crippen LogP contribution < -0.4 is 0 Å². The molecule has 0 aliphatic carbocycles. The van der Waals surface area contributed by atoms with Gasteiger partial charge in [0.2, 0.25) is 0 Å². The fourth-order valence-corrected chi connectivity index (χ4v) is 0.625. The number of ether oxygens (including phenoxy) is 2. The van der Waals surface area contributed by atoms with Gasteiger partial charge < -0.3 is 9.47 Å². The van der Waals surface area contributed by atoms with E-state index in [0.29, 0.717) is 19.0 Å². The van der Waals surface area contributed by atoms with Gasteiger partial charge in [-0.1, -0.05) is 24.3 Å². The minimum absolute atomic E-state index is 0.550. The minimum atomic E-state index is 0.550. The Morgan fingerprint density at radius 2 is 2.00 bits per heavy atom. The van der Waals surface area contributed by atoms with E-state index in [1.54, 1.807) is 7.11 Å².